The number of aliphatic hydroxyl groups is 1. The van der Waals surface area contributed by atoms with Gasteiger partial charge in [0.15, 0.2) is 5.76 Å². The zero-order chi connectivity index (χ0) is 33.8. The van der Waals surface area contributed by atoms with E-state index in [1.165, 1.54) is 11.6 Å². The second-order valence-electron chi connectivity index (χ2n) is 16.0. The predicted molar refractivity (Wildman–Crippen MR) is 183 cm³/mol. The number of carbonyl (C=O) groups is 3. The van der Waals surface area contributed by atoms with Gasteiger partial charge in [-0.2, -0.15) is 0 Å². The lowest BCUT2D eigenvalue weighted by Gasteiger charge is -2.70. The second kappa shape index (κ2) is 11.8. The van der Waals surface area contributed by atoms with Gasteiger partial charge in [0.2, 0.25) is 5.78 Å². The van der Waals surface area contributed by atoms with Crippen LogP contribution >= 0.6 is 0 Å². The average molecular weight is 639 g/mol. The van der Waals surface area contributed by atoms with Crippen LogP contribution in [0.25, 0.3) is 6.08 Å². The monoisotopic (exact) mass is 638 g/mol. The third-order valence-electron chi connectivity index (χ3n) is 13.3. The topological polar surface area (TPSA) is 89.9 Å². The zero-order valence-electron chi connectivity index (χ0n) is 28.9. The highest BCUT2D eigenvalue weighted by molar-refractivity contribution is 6.06. The van der Waals surface area contributed by atoms with Crippen molar-refractivity contribution in [3.8, 4) is 0 Å². The van der Waals surface area contributed by atoms with E-state index >= 15 is 0 Å². The first kappa shape index (κ1) is 33.2. The van der Waals surface area contributed by atoms with Gasteiger partial charge in [-0.15, -0.1) is 0 Å². The Morgan fingerprint density at radius 2 is 1.62 bits per heavy atom. The second-order valence-corrected chi connectivity index (χ2v) is 16.0. The quantitative estimate of drug-likeness (QED) is 0.182. The molecule has 6 heteroatoms. The summed E-state index contributed by atoms with van der Waals surface area (Å²) in [6.45, 7) is 14.0. The van der Waals surface area contributed by atoms with Gasteiger partial charge in [-0.3, -0.25) is 9.59 Å². The van der Waals surface area contributed by atoms with Gasteiger partial charge in [-0.25, -0.2) is 4.79 Å². The summed E-state index contributed by atoms with van der Waals surface area (Å²) in [4.78, 5) is 38.6. The molecule has 6 atom stereocenters. The van der Waals surface area contributed by atoms with Crippen molar-refractivity contribution in [1.82, 2.24) is 0 Å². The molecule has 0 saturated heterocycles. The third kappa shape index (κ3) is 5.36. The fourth-order valence-electron chi connectivity index (χ4n) is 9.99. The van der Waals surface area contributed by atoms with Crippen LogP contribution in [-0.2, 0) is 23.9 Å². The molecule has 5 aliphatic carbocycles. The summed E-state index contributed by atoms with van der Waals surface area (Å²) >= 11 is 0. The molecule has 1 aromatic carbocycles. The van der Waals surface area contributed by atoms with Crippen LogP contribution in [0.15, 0.2) is 82.7 Å². The van der Waals surface area contributed by atoms with E-state index in [1.54, 1.807) is 12.2 Å². The summed E-state index contributed by atoms with van der Waals surface area (Å²) in [6, 6.07) is 9.58. The van der Waals surface area contributed by atoms with Gasteiger partial charge in [0.05, 0.1) is 18.6 Å². The van der Waals surface area contributed by atoms with Crippen molar-refractivity contribution in [2.75, 3.05) is 13.2 Å². The van der Waals surface area contributed by atoms with Crippen molar-refractivity contribution in [1.29, 1.82) is 0 Å². The van der Waals surface area contributed by atoms with Crippen molar-refractivity contribution in [3.05, 3.63) is 88.3 Å². The van der Waals surface area contributed by atoms with Crippen molar-refractivity contribution in [2.24, 2.45) is 33.0 Å². The SMILES string of the molecule is CC1=C(O)C(=O)C=C2C1=CC=C1[C@@]2(C)CC[C@@]2(C)[C@@H]3C[C@](C)(C(=O)OCCCOC(=O)/C=C/c4ccccc4)CC[C@]3(C)CC[C@]12C. The van der Waals surface area contributed by atoms with E-state index in [0.717, 1.165) is 61.7 Å². The molecule has 0 heterocycles. The molecule has 0 aromatic heterocycles. The predicted octanol–water partition coefficient (Wildman–Crippen LogP) is 8.80. The number of fused-ring (bicyclic) bond motifs is 7. The largest absolute Gasteiger partial charge is 0.504 e. The minimum atomic E-state index is -0.576. The van der Waals surface area contributed by atoms with Crippen LogP contribution in [0, 0.1) is 33.0 Å². The van der Waals surface area contributed by atoms with Crippen LogP contribution in [0.3, 0.4) is 0 Å². The summed E-state index contributed by atoms with van der Waals surface area (Å²) in [6.07, 6.45) is 16.4. The van der Waals surface area contributed by atoms with Crippen LogP contribution < -0.4 is 0 Å². The van der Waals surface area contributed by atoms with E-state index < -0.39 is 11.4 Å². The molecular weight excluding hydrogens is 588 g/mol. The lowest BCUT2D eigenvalue weighted by molar-refractivity contribution is -0.182. The number of carbonyl (C=O) groups excluding carboxylic acids is 3. The van der Waals surface area contributed by atoms with Crippen molar-refractivity contribution < 1.29 is 29.0 Å². The molecule has 0 aliphatic heterocycles. The number of aliphatic hydroxyl groups excluding tert-OH is 1. The molecule has 1 aromatic rings. The molecule has 3 saturated carbocycles. The molecule has 250 valence electrons. The first-order valence-corrected chi connectivity index (χ1v) is 17.3. The highest BCUT2D eigenvalue weighted by Gasteiger charge is 2.67. The van der Waals surface area contributed by atoms with Crippen molar-refractivity contribution in [2.45, 2.75) is 92.9 Å². The number of hydrogen-bond donors (Lipinski definition) is 1. The van der Waals surface area contributed by atoms with Gasteiger partial charge < -0.3 is 14.6 Å². The molecular formula is C41H50O6. The maximum absolute atomic E-state index is 13.7. The summed E-state index contributed by atoms with van der Waals surface area (Å²) in [5, 5.41) is 10.4. The molecule has 0 spiro atoms. The molecule has 3 fully saturated rings. The fourth-order valence-corrected chi connectivity index (χ4v) is 9.99. The van der Waals surface area contributed by atoms with Crippen molar-refractivity contribution in [3.63, 3.8) is 0 Å². The van der Waals surface area contributed by atoms with Crippen LogP contribution in [-0.4, -0.2) is 36.0 Å². The maximum Gasteiger partial charge on any atom is 0.330 e. The standard InChI is InChI=1S/C41H50O6/c1-27-29-14-15-32-39(4,30(29)25-31(42)35(27)44)20-22-41(6)33-26-38(3,18-17-37(33,2)19-21-40(32,41)5)36(45)47-24-10-23-46-34(43)16-13-28-11-8-7-9-12-28/h7-9,11-16,25,33,44H,10,17-24,26H2,1-6H3/b16-13+/t33-,37-,38-,39+,40-,41+/m1/s1. The highest BCUT2D eigenvalue weighted by atomic mass is 16.5. The lowest BCUT2D eigenvalue weighted by atomic mass is 9.34. The summed E-state index contributed by atoms with van der Waals surface area (Å²) < 4.78 is 11.2. The number of rotatable bonds is 7. The van der Waals surface area contributed by atoms with E-state index in [9.17, 15) is 19.5 Å². The van der Waals surface area contributed by atoms with Crippen LogP contribution in [0.5, 0.6) is 0 Å². The molecule has 5 aliphatic rings. The Hall–Kier alpha value is -3.67. The third-order valence-corrected chi connectivity index (χ3v) is 13.3. The van der Waals surface area contributed by atoms with E-state index in [4.69, 9.17) is 9.47 Å². The van der Waals surface area contributed by atoms with Crippen LogP contribution in [0.2, 0.25) is 0 Å². The molecule has 0 radical (unpaired) electrons. The number of ketones is 1. The smallest absolute Gasteiger partial charge is 0.330 e. The van der Waals surface area contributed by atoms with Gasteiger partial charge in [0, 0.05) is 23.5 Å². The molecule has 1 N–H and O–H groups in total. The van der Waals surface area contributed by atoms with Crippen LogP contribution in [0.4, 0.5) is 0 Å². The van der Waals surface area contributed by atoms with E-state index in [-0.39, 0.29) is 52.4 Å². The van der Waals surface area contributed by atoms with E-state index in [0.29, 0.717) is 17.9 Å². The minimum absolute atomic E-state index is 0.0353. The van der Waals surface area contributed by atoms with E-state index in [1.807, 2.05) is 37.3 Å². The van der Waals surface area contributed by atoms with Gasteiger partial charge in [0.25, 0.3) is 0 Å². The summed E-state index contributed by atoms with van der Waals surface area (Å²) in [7, 11) is 0. The molecule has 0 unspecified atom stereocenters. The number of benzene rings is 1. The number of allylic oxidation sites excluding steroid dienone is 7. The molecule has 0 bridgehead atoms. The maximum atomic E-state index is 13.7. The Labute approximate surface area is 279 Å². The Morgan fingerprint density at radius 1 is 0.915 bits per heavy atom. The molecule has 0 amide bonds. The highest BCUT2D eigenvalue weighted by Crippen LogP contribution is 2.75. The normalized spacial score (nSPS) is 36.3. The fraction of sp³-hybridized carbons (Fsp3) is 0.537. The van der Waals surface area contributed by atoms with Crippen LogP contribution in [0.1, 0.15) is 98.5 Å². The number of hydrogen-bond acceptors (Lipinski definition) is 6. The Bertz CT molecular complexity index is 1640. The number of esters is 2. The van der Waals surface area contributed by atoms with Gasteiger partial charge in [-0.1, -0.05) is 75.8 Å². The summed E-state index contributed by atoms with van der Waals surface area (Å²) in [5.74, 6) is -0.672. The Balaban J connectivity index is 1.14. The van der Waals surface area contributed by atoms with Gasteiger partial charge in [-0.05, 0) is 110 Å². The molecule has 6 rings (SSSR count). The average Bonchev–Trinajstić information content (AvgIpc) is 3.05. The van der Waals surface area contributed by atoms with Gasteiger partial charge >= 0.3 is 11.9 Å². The molecule has 47 heavy (non-hydrogen) atoms. The minimum Gasteiger partial charge on any atom is -0.504 e. The Kier molecular flexibility index (Phi) is 8.33. The first-order valence-electron chi connectivity index (χ1n) is 17.3. The van der Waals surface area contributed by atoms with Gasteiger partial charge in [0.1, 0.15) is 0 Å². The zero-order valence-corrected chi connectivity index (χ0v) is 28.9. The lowest BCUT2D eigenvalue weighted by Crippen LogP contribution is -2.62. The van der Waals surface area contributed by atoms with Crippen molar-refractivity contribution >= 4 is 23.8 Å². The first-order chi connectivity index (χ1) is 22.2. The van der Waals surface area contributed by atoms with E-state index in [2.05, 4.69) is 46.8 Å². The molecule has 6 nitrogen and oxygen atoms in total. The summed E-state index contributed by atoms with van der Waals surface area (Å²) in [5.41, 5.74) is 4.16. The number of ether oxygens (including phenoxy) is 2. The Morgan fingerprint density at radius 3 is 2.36 bits per heavy atom.